The van der Waals surface area contributed by atoms with E-state index in [0.29, 0.717) is 21.4 Å². The molecule has 156 valence electrons. The predicted molar refractivity (Wildman–Crippen MR) is 118 cm³/mol. The van der Waals surface area contributed by atoms with Gasteiger partial charge in [-0.05, 0) is 50.1 Å². The van der Waals surface area contributed by atoms with Gasteiger partial charge in [0.15, 0.2) is 11.2 Å². The van der Waals surface area contributed by atoms with Crippen molar-refractivity contribution in [2.45, 2.75) is 51.2 Å². The molecule has 0 bridgehead atoms. The molecule has 1 atom stereocenters. The Bertz CT molecular complexity index is 1050. The number of ether oxygens (including phenoxy) is 1. The summed E-state index contributed by atoms with van der Waals surface area (Å²) in [4.78, 5) is 36.2. The van der Waals surface area contributed by atoms with E-state index in [0.717, 1.165) is 31.1 Å². The van der Waals surface area contributed by atoms with Gasteiger partial charge in [-0.3, -0.25) is 9.69 Å². The normalized spacial score (nSPS) is 15.7. The van der Waals surface area contributed by atoms with E-state index >= 15 is 0 Å². The Morgan fingerprint density at radius 2 is 2.00 bits per heavy atom. The van der Waals surface area contributed by atoms with Gasteiger partial charge < -0.3 is 4.74 Å². The van der Waals surface area contributed by atoms with Crippen molar-refractivity contribution in [3.63, 3.8) is 0 Å². The monoisotopic (exact) mass is 443 g/mol. The second kappa shape index (κ2) is 9.10. The molecule has 2 heterocycles. The summed E-state index contributed by atoms with van der Waals surface area (Å²) in [7, 11) is 0. The van der Waals surface area contributed by atoms with E-state index in [1.165, 1.54) is 17.8 Å². The SMILES string of the molecule is CC(OC(=O)c1ccc2nc(Cl)ccc2c1)C(=O)N(c1nccs1)C1CCCCC1. The Kier molecular flexibility index (Phi) is 6.29. The maximum absolute atomic E-state index is 13.2. The third kappa shape index (κ3) is 4.47. The molecule has 8 heteroatoms. The third-order valence-electron chi connectivity index (χ3n) is 5.33. The molecule has 1 fully saturated rings. The second-order valence-electron chi connectivity index (χ2n) is 7.40. The summed E-state index contributed by atoms with van der Waals surface area (Å²) >= 11 is 7.34. The fourth-order valence-corrected chi connectivity index (χ4v) is 4.68. The third-order valence-corrected chi connectivity index (χ3v) is 6.31. The minimum Gasteiger partial charge on any atom is -0.449 e. The van der Waals surface area contributed by atoms with Crippen LogP contribution in [0.3, 0.4) is 0 Å². The molecule has 1 saturated carbocycles. The van der Waals surface area contributed by atoms with Crippen LogP contribution in [0.1, 0.15) is 49.4 Å². The van der Waals surface area contributed by atoms with Gasteiger partial charge in [0.1, 0.15) is 5.15 Å². The van der Waals surface area contributed by atoms with Crippen molar-refractivity contribution in [2.24, 2.45) is 0 Å². The standard InChI is InChI=1S/C22H22ClN3O3S/c1-14(20(27)26(22-24-11-12-30-22)17-5-3-2-4-6-17)29-21(28)16-7-9-18-15(13-16)8-10-19(23)25-18/h7-14,17H,2-6H2,1H3. The van der Waals surface area contributed by atoms with Gasteiger partial charge in [-0.2, -0.15) is 0 Å². The maximum atomic E-state index is 13.2. The van der Waals surface area contributed by atoms with Gasteiger partial charge in [-0.1, -0.05) is 30.9 Å². The molecule has 2 aromatic heterocycles. The molecule has 0 N–H and O–H groups in total. The summed E-state index contributed by atoms with van der Waals surface area (Å²) in [5.41, 5.74) is 1.06. The van der Waals surface area contributed by atoms with Crippen molar-refractivity contribution < 1.29 is 14.3 Å². The Morgan fingerprint density at radius 1 is 1.20 bits per heavy atom. The lowest BCUT2D eigenvalue weighted by Gasteiger charge is -2.33. The first-order valence-electron chi connectivity index (χ1n) is 10.0. The average Bonchev–Trinajstić information content (AvgIpc) is 3.28. The molecular weight excluding hydrogens is 422 g/mol. The molecule has 3 aromatic rings. The summed E-state index contributed by atoms with van der Waals surface area (Å²) in [6.45, 7) is 1.62. The summed E-state index contributed by atoms with van der Waals surface area (Å²) in [5, 5.41) is 3.68. The van der Waals surface area contributed by atoms with Gasteiger partial charge in [0.05, 0.1) is 11.1 Å². The number of anilines is 1. The molecular formula is C22H22ClN3O3S. The van der Waals surface area contributed by atoms with Gasteiger partial charge in [-0.25, -0.2) is 14.8 Å². The van der Waals surface area contributed by atoms with Crippen LogP contribution in [0.15, 0.2) is 41.9 Å². The number of halogens is 1. The van der Waals surface area contributed by atoms with Crippen molar-refractivity contribution in [3.8, 4) is 0 Å². The van der Waals surface area contributed by atoms with Crippen LogP contribution in [0.5, 0.6) is 0 Å². The lowest BCUT2D eigenvalue weighted by Crippen LogP contribution is -2.47. The molecule has 1 aliphatic carbocycles. The molecule has 0 aliphatic heterocycles. The highest BCUT2D eigenvalue weighted by Crippen LogP contribution is 2.30. The molecule has 0 radical (unpaired) electrons. The van der Waals surface area contributed by atoms with Crippen molar-refractivity contribution in [3.05, 3.63) is 52.6 Å². The molecule has 30 heavy (non-hydrogen) atoms. The summed E-state index contributed by atoms with van der Waals surface area (Å²) < 4.78 is 5.54. The number of amides is 1. The number of rotatable bonds is 5. The van der Waals surface area contributed by atoms with E-state index in [4.69, 9.17) is 16.3 Å². The quantitative estimate of drug-likeness (QED) is 0.397. The molecule has 1 amide bonds. The first-order valence-corrected chi connectivity index (χ1v) is 11.3. The van der Waals surface area contributed by atoms with Crippen LogP contribution in [0.2, 0.25) is 5.15 Å². The number of fused-ring (bicyclic) bond motifs is 1. The van der Waals surface area contributed by atoms with Gasteiger partial charge in [0, 0.05) is 23.0 Å². The van der Waals surface area contributed by atoms with E-state index in [1.807, 2.05) is 5.38 Å². The number of hydrogen-bond donors (Lipinski definition) is 0. The maximum Gasteiger partial charge on any atom is 0.338 e. The van der Waals surface area contributed by atoms with Crippen LogP contribution in [0.25, 0.3) is 10.9 Å². The zero-order chi connectivity index (χ0) is 21.1. The number of pyridine rings is 1. The first kappa shape index (κ1) is 20.8. The van der Waals surface area contributed by atoms with E-state index in [2.05, 4.69) is 9.97 Å². The average molecular weight is 444 g/mol. The highest BCUT2D eigenvalue weighted by atomic mass is 35.5. The molecule has 1 aromatic carbocycles. The van der Waals surface area contributed by atoms with Crippen LogP contribution >= 0.6 is 22.9 Å². The Morgan fingerprint density at radius 3 is 2.73 bits per heavy atom. The number of hydrogen-bond acceptors (Lipinski definition) is 6. The van der Waals surface area contributed by atoms with Gasteiger partial charge >= 0.3 is 5.97 Å². The Labute approximate surface area is 183 Å². The molecule has 1 aliphatic rings. The zero-order valence-electron chi connectivity index (χ0n) is 16.6. The van der Waals surface area contributed by atoms with E-state index < -0.39 is 12.1 Å². The lowest BCUT2D eigenvalue weighted by atomic mass is 9.94. The Hall–Kier alpha value is -2.51. The smallest absolute Gasteiger partial charge is 0.338 e. The van der Waals surface area contributed by atoms with Crippen LogP contribution in [0.4, 0.5) is 5.13 Å². The minimum absolute atomic E-state index is 0.0926. The lowest BCUT2D eigenvalue weighted by molar-refractivity contribution is -0.127. The van der Waals surface area contributed by atoms with Crippen LogP contribution < -0.4 is 4.90 Å². The largest absolute Gasteiger partial charge is 0.449 e. The fraction of sp³-hybridized carbons (Fsp3) is 0.364. The zero-order valence-corrected chi connectivity index (χ0v) is 18.2. The number of carbonyl (C=O) groups excluding carboxylic acids is 2. The number of esters is 1. The van der Waals surface area contributed by atoms with Gasteiger partial charge in [0.2, 0.25) is 0 Å². The molecule has 6 nitrogen and oxygen atoms in total. The van der Waals surface area contributed by atoms with E-state index in [1.54, 1.807) is 48.4 Å². The van der Waals surface area contributed by atoms with Gasteiger partial charge in [-0.15, -0.1) is 11.3 Å². The van der Waals surface area contributed by atoms with Crippen molar-refractivity contribution in [1.82, 2.24) is 9.97 Å². The first-order chi connectivity index (χ1) is 14.5. The summed E-state index contributed by atoms with van der Waals surface area (Å²) in [6, 6.07) is 8.59. The van der Waals surface area contributed by atoms with E-state index in [-0.39, 0.29) is 11.9 Å². The number of carbonyl (C=O) groups is 2. The second-order valence-corrected chi connectivity index (χ2v) is 8.66. The number of benzene rings is 1. The molecule has 4 rings (SSSR count). The van der Waals surface area contributed by atoms with E-state index in [9.17, 15) is 9.59 Å². The molecule has 0 saturated heterocycles. The highest BCUT2D eigenvalue weighted by Gasteiger charge is 2.33. The highest BCUT2D eigenvalue weighted by molar-refractivity contribution is 7.13. The summed E-state index contributed by atoms with van der Waals surface area (Å²) in [6.07, 6.45) is 6.00. The number of nitrogens with zero attached hydrogens (tertiary/aromatic N) is 3. The number of thiazole rings is 1. The van der Waals surface area contributed by atoms with Crippen LogP contribution in [0, 0.1) is 0 Å². The minimum atomic E-state index is -0.914. The van der Waals surface area contributed by atoms with Gasteiger partial charge in [0.25, 0.3) is 5.91 Å². The van der Waals surface area contributed by atoms with Crippen molar-refractivity contribution in [2.75, 3.05) is 4.90 Å². The topological polar surface area (TPSA) is 72.4 Å². The fourth-order valence-electron chi connectivity index (χ4n) is 3.81. The Balaban J connectivity index is 1.51. The number of aromatic nitrogens is 2. The van der Waals surface area contributed by atoms with Crippen LogP contribution in [-0.4, -0.2) is 34.0 Å². The van der Waals surface area contributed by atoms with Crippen LogP contribution in [-0.2, 0) is 9.53 Å². The van der Waals surface area contributed by atoms with Crippen molar-refractivity contribution >= 4 is 50.8 Å². The predicted octanol–water partition coefficient (Wildman–Crippen LogP) is 5.26. The van der Waals surface area contributed by atoms with Crippen molar-refractivity contribution in [1.29, 1.82) is 0 Å². The summed E-state index contributed by atoms with van der Waals surface area (Å²) in [5.74, 6) is -0.783. The molecule has 1 unspecified atom stereocenters. The molecule has 0 spiro atoms.